The number of ether oxygens (including phenoxy) is 3. The smallest absolute Gasteiger partial charge is 0.338 e. The second kappa shape index (κ2) is 8.99. The fourth-order valence-corrected chi connectivity index (χ4v) is 4.49. The molecule has 0 saturated carbocycles. The Morgan fingerprint density at radius 2 is 1.64 bits per heavy atom. The van der Waals surface area contributed by atoms with Crippen LogP contribution in [0.15, 0.2) is 29.2 Å². The zero-order chi connectivity index (χ0) is 20.1. The summed E-state index contributed by atoms with van der Waals surface area (Å²) in [6.45, 7) is 4.52. The minimum absolute atomic E-state index is 0.0102. The lowest BCUT2D eigenvalue weighted by Gasteiger charge is -2.29. The Balaban J connectivity index is 1.68. The maximum absolute atomic E-state index is 12.7. The Kier molecular flexibility index (Phi) is 6.65. The van der Waals surface area contributed by atoms with Crippen LogP contribution in [0.2, 0.25) is 0 Å². The molecule has 9 nitrogen and oxygen atoms in total. The summed E-state index contributed by atoms with van der Waals surface area (Å²) in [6.07, 6.45) is -0.967. The van der Waals surface area contributed by atoms with Gasteiger partial charge in [0.15, 0.2) is 6.10 Å². The van der Waals surface area contributed by atoms with Crippen molar-refractivity contribution in [1.29, 1.82) is 0 Å². The molecule has 0 spiro atoms. The summed E-state index contributed by atoms with van der Waals surface area (Å²) in [5.41, 5.74) is 0.0796. The number of carbonyl (C=O) groups excluding carboxylic acids is 2. The van der Waals surface area contributed by atoms with Crippen LogP contribution >= 0.6 is 0 Å². The Bertz CT molecular complexity index is 815. The van der Waals surface area contributed by atoms with E-state index >= 15 is 0 Å². The molecule has 1 amide bonds. The van der Waals surface area contributed by atoms with Crippen molar-refractivity contribution in [2.45, 2.75) is 17.9 Å². The van der Waals surface area contributed by atoms with Gasteiger partial charge < -0.3 is 19.1 Å². The first-order valence-electron chi connectivity index (χ1n) is 9.15. The fraction of sp³-hybridized carbons (Fsp3) is 0.556. The van der Waals surface area contributed by atoms with Gasteiger partial charge in [-0.1, -0.05) is 6.07 Å². The third kappa shape index (κ3) is 4.69. The van der Waals surface area contributed by atoms with Crippen molar-refractivity contribution in [3.63, 3.8) is 0 Å². The van der Waals surface area contributed by atoms with Crippen molar-refractivity contribution in [2.24, 2.45) is 0 Å². The Morgan fingerprint density at radius 1 is 1.04 bits per heavy atom. The van der Waals surface area contributed by atoms with E-state index in [4.69, 9.17) is 14.2 Å². The first-order chi connectivity index (χ1) is 13.4. The minimum atomic E-state index is -3.72. The molecule has 0 bridgehead atoms. The predicted octanol–water partition coefficient (Wildman–Crippen LogP) is 0.112. The van der Waals surface area contributed by atoms with E-state index < -0.39 is 22.1 Å². The van der Waals surface area contributed by atoms with Gasteiger partial charge in [-0.3, -0.25) is 4.79 Å². The van der Waals surface area contributed by atoms with Crippen LogP contribution in [0.5, 0.6) is 0 Å². The Labute approximate surface area is 164 Å². The SMILES string of the molecule is CC(OC(=O)c1cccc(S(=O)(=O)N2CCOCC2)c1)C(=O)N1CCOCC1. The molecule has 0 N–H and O–H groups in total. The van der Waals surface area contributed by atoms with Crippen molar-refractivity contribution < 1.29 is 32.2 Å². The summed E-state index contributed by atoms with van der Waals surface area (Å²) in [5.74, 6) is -1.04. The highest BCUT2D eigenvalue weighted by atomic mass is 32.2. The first-order valence-corrected chi connectivity index (χ1v) is 10.6. The van der Waals surface area contributed by atoms with E-state index in [1.54, 1.807) is 4.90 Å². The highest BCUT2D eigenvalue weighted by molar-refractivity contribution is 7.89. The standard InChI is InChI=1S/C18H24N2O7S/c1-14(17(21)19-5-9-25-10-6-19)27-18(22)15-3-2-4-16(13-15)28(23,24)20-7-11-26-12-8-20/h2-4,13-14H,5-12H2,1H3. The summed E-state index contributed by atoms with van der Waals surface area (Å²) in [7, 11) is -3.72. The molecule has 0 radical (unpaired) electrons. The molecule has 1 aromatic rings. The van der Waals surface area contributed by atoms with Gasteiger partial charge in [0.05, 0.1) is 36.9 Å². The van der Waals surface area contributed by atoms with E-state index in [1.165, 1.54) is 35.5 Å². The molecule has 154 valence electrons. The van der Waals surface area contributed by atoms with Gasteiger partial charge in [-0.05, 0) is 25.1 Å². The van der Waals surface area contributed by atoms with Gasteiger partial charge in [-0.15, -0.1) is 0 Å². The van der Waals surface area contributed by atoms with E-state index in [9.17, 15) is 18.0 Å². The van der Waals surface area contributed by atoms with Crippen molar-refractivity contribution >= 4 is 21.9 Å². The quantitative estimate of drug-likeness (QED) is 0.633. The fourth-order valence-electron chi connectivity index (χ4n) is 3.04. The largest absolute Gasteiger partial charge is 0.449 e. The second-order valence-corrected chi connectivity index (χ2v) is 8.47. The van der Waals surface area contributed by atoms with Crippen LogP contribution in [0.25, 0.3) is 0 Å². The van der Waals surface area contributed by atoms with Gasteiger partial charge in [0, 0.05) is 26.2 Å². The third-order valence-electron chi connectivity index (χ3n) is 4.63. The van der Waals surface area contributed by atoms with Crippen molar-refractivity contribution in [3.8, 4) is 0 Å². The molecule has 2 heterocycles. The van der Waals surface area contributed by atoms with Crippen molar-refractivity contribution in [1.82, 2.24) is 9.21 Å². The maximum Gasteiger partial charge on any atom is 0.338 e. The third-order valence-corrected chi connectivity index (χ3v) is 6.53. The lowest BCUT2D eigenvalue weighted by molar-refractivity contribution is -0.143. The molecule has 10 heteroatoms. The van der Waals surface area contributed by atoms with Gasteiger partial charge in [0.2, 0.25) is 10.0 Å². The normalized spacial score (nSPS) is 19.8. The molecule has 1 aromatic carbocycles. The number of hydrogen-bond donors (Lipinski definition) is 0. The van der Waals surface area contributed by atoms with Crippen molar-refractivity contribution in [2.75, 3.05) is 52.6 Å². The monoisotopic (exact) mass is 412 g/mol. The van der Waals surface area contributed by atoms with E-state index in [0.717, 1.165) is 0 Å². The number of benzene rings is 1. The molecule has 2 aliphatic heterocycles. The second-order valence-electron chi connectivity index (χ2n) is 6.53. The molecule has 2 aliphatic rings. The number of nitrogens with zero attached hydrogens (tertiary/aromatic N) is 2. The molecular weight excluding hydrogens is 388 g/mol. The molecule has 3 rings (SSSR count). The zero-order valence-corrected chi connectivity index (χ0v) is 16.5. The Morgan fingerprint density at radius 3 is 2.29 bits per heavy atom. The summed E-state index contributed by atoms with van der Waals surface area (Å²) < 4.78 is 42.5. The molecule has 2 saturated heterocycles. The summed E-state index contributed by atoms with van der Waals surface area (Å²) in [6, 6.07) is 5.66. The number of esters is 1. The van der Waals surface area contributed by atoms with Gasteiger partial charge in [-0.2, -0.15) is 4.31 Å². The first kappa shape index (κ1) is 20.7. The van der Waals surface area contributed by atoms with Crippen LogP contribution in [-0.4, -0.2) is 88.2 Å². The minimum Gasteiger partial charge on any atom is -0.449 e. The van der Waals surface area contributed by atoms with Crippen LogP contribution < -0.4 is 0 Å². The number of hydrogen-bond acceptors (Lipinski definition) is 7. The van der Waals surface area contributed by atoms with E-state index in [0.29, 0.717) is 39.5 Å². The van der Waals surface area contributed by atoms with Crippen molar-refractivity contribution in [3.05, 3.63) is 29.8 Å². The zero-order valence-electron chi connectivity index (χ0n) is 15.7. The highest BCUT2D eigenvalue weighted by Crippen LogP contribution is 2.19. The van der Waals surface area contributed by atoms with Gasteiger partial charge in [-0.25, -0.2) is 13.2 Å². The number of carbonyl (C=O) groups is 2. The number of rotatable bonds is 5. The summed E-state index contributed by atoms with van der Waals surface area (Å²) >= 11 is 0. The van der Waals surface area contributed by atoms with Crippen LogP contribution in [0.4, 0.5) is 0 Å². The lowest BCUT2D eigenvalue weighted by Crippen LogP contribution is -2.46. The van der Waals surface area contributed by atoms with Gasteiger partial charge in [0.25, 0.3) is 5.91 Å². The molecule has 1 unspecified atom stereocenters. The molecule has 28 heavy (non-hydrogen) atoms. The molecule has 1 atom stereocenters. The number of amides is 1. The van der Waals surface area contributed by atoms with Crippen LogP contribution in [0.1, 0.15) is 17.3 Å². The topological polar surface area (TPSA) is 102 Å². The lowest BCUT2D eigenvalue weighted by atomic mass is 10.2. The molecule has 2 fully saturated rings. The van der Waals surface area contributed by atoms with Gasteiger partial charge >= 0.3 is 5.97 Å². The highest BCUT2D eigenvalue weighted by Gasteiger charge is 2.28. The molecule has 0 aliphatic carbocycles. The molecular formula is C18H24N2O7S. The van der Waals surface area contributed by atoms with E-state index in [1.807, 2.05) is 0 Å². The van der Waals surface area contributed by atoms with Crippen LogP contribution in [0.3, 0.4) is 0 Å². The van der Waals surface area contributed by atoms with Gasteiger partial charge in [0.1, 0.15) is 0 Å². The van der Waals surface area contributed by atoms with E-state index in [-0.39, 0.29) is 29.5 Å². The van der Waals surface area contributed by atoms with Crippen LogP contribution in [-0.2, 0) is 29.0 Å². The van der Waals surface area contributed by atoms with E-state index in [2.05, 4.69) is 0 Å². The Hall–Kier alpha value is -2.01. The average molecular weight is 412 g/mol. The maximum atomic E-state index is 12.7. The molecule has 0 aromatic heterocycles. The number of sulfonamides is 1. The van der Waals surface area contributed by atoms with Crippen LogP contribution in [0, 0.1) is 0 Å². The predicted molar refractivity (Wildman–Crippen MR) is 98.3 cm³/mol. The summed E-state index contributed by atoms with van der Waals surface area (Å²) in [4.78, 5) is 26.4. The number of morpholine rings is 2. The summed E-state index contributed by atoms with van der Waals surface area (Å²) in [5, 5.41) is 0. The average Bonchev–Trinajstić information content (AvgIpc) is 2.74.